The molecule has 6 heteroatoms. The molecule has 1 aliphatic rings. The van der Waals surface area contributed by atoms with Gasteiger partial charge in [0.25, 0.3) is 0 Å². The lowest BCUT2D eigenvalue weighted by atomic mass is 9.91. The lowest BCUT2D eigenvalue weighted by molar-refractivity contribution is -0.152. The van der Waals surface area contributed by atoms with Gasteiger partial charge in [0.15, 0.2) is 0 Å². The molecule has 0 saturated carbocycles. The molecule has 0 aliphatic carbocycles. The molecule has 2 amide bonds. The fourth-order valence-electron chi connectivity index (χ4n) is 3.03. The molecule has 0 radical (unpaired) electrons. The first-order valence-electron chi connectivity index (χ1n) is 8.50. The van der Waals surface area contributed by atoms with Gasteiger partial charge < -0.3 is 14.4 Å². The molecule has 0 aromatic carbocycles. The van der Waals surface area contributed by atoms with E-state index in [1.165, 1.54) is 0 Å². The summed E-state index contributed by atoms with van der Waals surface area (Å²) in [6.07, 6.45) is 3.61. The number of carbonyl (C=O) groups excluding carboxylic acids is 2. The van der Waals surface area contributed by atoms with Crippen LogP contribution in [-0.4, -0.2) is 50.8 Å². The van der Waals surface area contributed by atoms with Crippen molar-refractivity contribution in [3.63, 3.8) is 0 Å². The number of aromatic nitrogens is 2. The predicted molar refractivity (Wildman–Crippen MR) is 93.2 cm³/mol. The molecule has 0 unspecified atom stereocenters. The third-order valence-electron chi connectivity index (χ3n) is 4.37. The van der Waals surface area contributed by atoms with Gasteiger partial charge in [-0.2, -0.15) is 0 Å². The van der Waals surface area contributed by atoms with Gasteiger partial charge in [0.05, 0.1) is 0 Å². The summed E-state index contributed by atoms with van der Waals surface area (Å²) in [4.78, 5) is 33.8. The van der Waals surface area contributed by atoms with E-state index in [0.29, 0.717) is 19.6 Å². The summed E-state index contributed by atoms with van der Waals surface area (Å²) < 4.78 is 1.93. The zero-order valence-corrected chi connectivity index (χ0v) is 16.0. The van der Waals surface area contributed by atoms with Crippen LogP contribution in [0, 0.1) is 10.8 Å². The Hall–Kier alpha value is -1.85. The van der Waals surface area contributed by atoms with Gasteiger partial charge in [-0.1, -0.05) is 41.5 Å². The molecule has 0 bridgehead atoms. The Morgan fingerprint density at radius 1 is 1.04 bits per heavy atom. The number of piperazine rings is 1. The summed E-state index contributed by atoms with van der Waals surface area (Å²) in [6.45, 7) is 13.2. The third-order valence-corrected chi connectivity index (χ3v) is 4.37. The van der Waals surface area contributed by atoms with E-state index in [-0.39, 0.29) is 17.9 Å². The van der Waals surface area contributed by atoms with E-state index in [1.54, 1.807) is 6.20 Å². The number of nitrogens with zero attached hydrogens (tertiary/aromatic N) is 4. The van der Waals surface area contributed by atoms with Crippen molar-refractivity contribution < 1.29 is 9.59 Å². The zero-order valence-electron chi connectivity index (χ0n) is 16.0. The van der Waals surface area contributed by atoms with Gasteiger partial charge in [0.2, 0.25) is 11.8 Å². The fraction of sp³-hybridized carbons (Fsp3) is 0.722. The summed E-state index contributed by atoms with van der Waals surface area (Å²) in [6, 6.07) is -0.211. The predicted octanol–water partition coefficient (Wildman–Crippen LogP) is 2.22. The van der Waals surface area contributed by atoms with Crippen molar-refractivity contribution in [3.8, 4) is 0 Å². The number of amides is 2. The van der Waals surface area contributed by atoms with Gasteiger partial charge in [0, 0.05) is 49.9 Å². The van der Waals surface area contributed by atoms with Crippen molar-refractivity contribution in [1.29, 1.82) is 0 Å². The van der Waals surface area contributed by atoms with Gasteiger partial charge in [-0.05, 0) is 0 Å². The molecule has 1 aromatic heterocycles. The van der Waals surface area contributed by atoms with Gasteiger partial charge >= 0.3 is 0 Å². The van der Waals surface area contributed by atoms with Gasteiger partial charge in [-0.15, -0.1) is 0 Å². The maximum absolute atomic E-state index is 12.9. The molecule has 0 spiro atoms. The molecule has 134 valence electrons. The first kappa shape index (κ1) is 18.5. The van der Waals surface area contributed by atoms with Crippen LogP contribution in [0.15, 0.2) is 12.4 Å². The molecular weight excluding hydrogens is 304 g/mol. The van der Waals surface area contributed by atoms with Crippen molar-refractivity contribution in [1.82, 2.24) is 19.4 Å². The maximum atomic E-state index is 12.9. The van der Waals surface area contributed by atoms with Crippen molar-refractivity contribution in [2.75, 3.05) is 19.6 Å². The number of hydrogen-bond acceptors (Lipinski definition) is 3. The van der Waals surface area contributed by atoms with Crippen LogP contribution in [0.4, 0.5) is 0 Å². The minimum absolute atomic E-state index is 0.0957. The monoisotopic (exact) mass is 334 g/mol. The molecule has 1 aliphatic heterocycles. The summed E-state index contributed by atoms with van der Waals surface area (Å²) in [5, 5.41) is 0. The lowest BCUT2D eigenvalue weighted by Crippen LogP contribution is -2.56. The molecular formula is C18H30N4O2. The van der Waals surface area contributed by atoms with E-state index in [9.17, 15) is 9.59 Å². The largest absolute Gasteiger partial charge is 0.338 e. The highest BCUT2D eigenvalue weighted by Crippen LogP contribution is 2.31. The number of carbonyl (C=O) groups is 2. The van der Waals surface area contributed by atoms with E-state index in [4.69, 9.17) is 0 Å². The van der Waals surface area contributed by atoms with Crippen molar-refractivity contribution in [2.24, 2.45) is 17.9 Å². The highest BCUT2D eigenvalue weighted by Gasteiger charge is 2.40. The fourth-order valence-corrected chi connectivity index (χ4v) is 3.03. The van der Waals surface area contributed by atoms with E-state index in [2.05, 4.69) is 4.98 Å². The van der Waals surface area contributed by atoms with Crippen LogP contribution in [0.5, 0.6) is 0 Å². The van der Waals surface area contributed by atoms with E-state index in [1.807, 2.05) is 69.2 Å². The van der Waals surface area contributed by atoms with Crippen molar-refractivity contribution >= 4 is 11.8 Å². The van der Waals surface area contributed by atoms with Gasteiger partial charge in [-0.3, -0.25) is 9.59 Å². The first-order chi connectivity index (χ1) is 10.9. The summed E-state index contributed by atoms with van der Waals surface area (Å²) in [5.74, 6) is 1.03. The Morgan fingerprint density at radius 2 is 1.62 bits per heavy atom. The van der Waals surface area contributed by atoms with Crippen molar-refractivity contribution in [2.45, 2.75) is 47.6 Å². The Bertz CT molecular complexity index is 622. The highest BCUT2D eigenvalue weighted by molar-refractivity contribution is 5.84. The third kappa shape index (κ3) is 3.62. The van der Waals surface area contributed by atoms with Crippen LogP contribution in [0.1, 0.15) is 53.4 Å². The van der Waals surface area contributed by atoms with Crippen LogP contribution in [0.3, 0.4) is 0 Å². The quantitative estimate of drug-likeness (QED) is 0.791. The SMILES string of the molecule is Cn1ccnc1[C@@H]1CN(C(=O)C(C)(C)C)CCN1C(=O)C(C)(C)C. The average molecular weight is 334 g/mol. The minimum atomic E-state index is -0.459. The summed E-state index contributed by atoms with van der Waals surface area (Å²) in [5.41, 5.74) is -0.887. The van der Waals surface area contributed by atoms with E-state index in [0.717, 1.165) is 5.82 Å². The second-order valence-corrected chi connectivity index (χ2v) is 8.66. The second-order valence-electron chi connectivity index (χ2n) is 8.66. The van der Waals surface area contributed by atoms with Crippen molar-refractivity contribution in [3.05, 3.63) is 18.2 Å². The molecule has 0 N–H and O–H groups in total. The lowest BCUT2D eigenvalue weighted by Gasteiger charge is -2.44. The van der Waals surface area contributed by atoms with Crippen LogP contribution in [0.2, 0.25) is 0 Å². The Balaban J connectivity index is 2.34. The van der Waals surface area contributed by atoms with Gasteiger partial charge in [-0.25, -0.2) is 4.98 Å². The molecule has 2 rings (SSSR count). The van der Waals surface area contributed by atoms with Crippen LogP contribution in [-0.2, 0) is 16.6 Å². The number of rotatable bonds is 1. The van der Waals surface area contributed by atoms with E-state index < -0.39 is 10.8 Å². The molecule has 1 aromatic rings. The molecule has 24 heavy (non-hydrogen) atoms. The van der Waals surface area contributed by atoms with Crippen LogP contribution >= 0.6 is 0 Å². The number of hydrogen-bond donors (Lipinski definition) is 0. The van der Waals surface area contributed by atoms with Crippen LogP contribution in [0.25, 0.3) is 0 Å². The average Bonchev–Trinajstić information content (AvgIpc) is 2.89. The Morgan fingerprint density at radius 3 is 2.08 bits per heavy atom. The standard InChI is InChI=1S/C18H30N4O2/c1-17(2,3)15(23)21-10-11-22(16(24)18(4,5)6)13(12-21)14-19-8-9-20(14)7/h8-9,13H,10-12H2,1-7H3/t13-/m0/s1. The number of aryl methyl sites for hydroxylation is 1. The van der Waals surface area contributed by atoms with Gasteiger partial charge in [0.1, 0.15) is 11.9 Å². The second kappa shape index (κ2) is 6.22. The Kier molecular flexibility index (Phi) is 4.79. The topological polar surface area (TPSA) is 58.4 Å². The Labute approximate surface area is 144 Å². The molecule has 6 nitrogen and oxygen atoms in total. The zero-order chi connectivity index (χ0) is 18.3. The van der Waals surface area contributed by atoms with E-state index >= 15 is 0 Å². The van der Waals surface area contributed by atoms with Crippen LogP contribution < -0.4 is 0 Å². The first-order valence-corrected chi connectivity index (χ1v) is 8.50. The molecule has 1 fully saturated rings. The molecule has 1 saturated heterocycles. The molecule has 1 atom stereocenters. The summed E-state index contributed by atoms with van der Waals surface area (Å²) >= 11 is 0. The smallest absolute Gasteiger partial charge is 0.228 e. The molecule has 2 heterocycles. The number of imidazole rings is 1. The minimum Gasteiger partial charge on any atom is -0.338 e. The maximum Gasteiger partial charge on any atom is 0.228 e. The highest BCUT2D eigenvalue weighted by atomic mass is 16.2. The normalized spacial score (nSPS) is 19.5. The summed E-state index contributed by atoms with van der Waals surface area (Å²) in [7, 11) is 1.92.